The number of nitrogens with one attached hydrogen (secondary N) is 2. The van der Waals surface area contributed by atoms with Crippen LogP contribution in [0.25, 0.3) is 10.8 Å². The molecule has 3 heterocycles. The van der Waals surface area contributed by atoms with Crippen LogP contribution in [0.2, 0.25) is 0 Å². The Balaban J connectivity index is 1.30. The predicted molar refractivity (Wildman–Crippen MR) is 161 cm³/mol. The molecule has 6 rings (SSSR count). The molecule has 9 heteroatoms. The SMILES string of the molecule is O=C(Nc1ccc2ccccc2c1)C1N(CCCCCCO)C(=O)[C@@H]2[C@H](C(=O)Nc3ccccc3)[C@H]3OC12CC3Br. The number of rotatable bonds is 10. The largest absolute Gasteiger partial charge is 0.396 e. The van der Waals surface area contributed by atoms with E-state index in [1.807, 2.05) is 72.8 Å². The standard InChI is InChI=1S/C32H34BrN3O5/c33-24-19-32-26(25(27(24)41-32)29(38)34-22-12-4-3-5-13-22)31(40)36(16-8-1-2-9-17-37)28(32)30(39)35-23-15-14-20-10-6-7-11-21(20)18-23/h3-7,10-15,18,24-28,37H,1-2,8-9,16-17,19H2,(H,34,38)(H,35,39)/t24?,25-,26-,27-,28?,32?/m0/s1. The molecule has 3 aromatic rings. The van der Waals surface area contributed by atoms with Gasteiger partial charge in [0.15, 0.2) is 0 Å². The molecule has 41 heavy (non-hydrogen) atoms. The van der Waals surface area contributed by atoms with Crippen molar-refractivity contribution < 1.29 is 24.2 Å². The first-order valence-electron chi connectivity index (χ1n) is 14.3. The number of unbranched alkanes of at least 4 members (excludes halogenated alkanes) is 3. The van der Waals surface area contributed by atoms with Crippen LogP contribution in [-0.4, -0.2) is 63.5 Å². The molecule has 3 aliphatic heterocycles. The van der Waals surface area contributed by atoms with E-state index in [0.717, 1.165) is 23.6 Å². The molecule has 3 aliphatic rings. The molecule has 0 aliphatic carbocycles. The summed E-state index contributed by atoms with van der Waals surface area (Å²) in [6, 6.07) is 22.0. The maximum atomic E-state index is 14.1. The summed E-state index contributed by atoms with van der Waals surface area (Å²) in [5, 5.41) is 17.3. The van der Waals surface area contributed by atoms with Gasteiger partial charge in [0.25, 0.3) is 0 Å². The van der Waals surface area contributed by atoms with Gasteiger partial charge in [0.2, 0.25) is 17.7 Å². The van der Waals surface area contributed by atoms with Crippen molar-refractivity contribution in [2.45, 2.75) is 54.7 Å². The number of alkyl halides is 1. The van der Waals surface area contributed by atoms with Gasteiger partial charge in [0.05, 0.1) is 17.9 Å². The molecule has 0 radical (unpaired) electrons. The lowest BCUT2D eigenvalue weighted by Crippen LogP contribution is -2.54. The number of carbonyl (C=O) groups is 3. The van der Waals surface area contributed by atoms with Gasteiger partial charge in [0, 0.05) is 29.4 Å². The number of aliphatic hydroxyl groups excluding tert-OH is 1. The van der Waals surface area contributed by atoms with Crippen molar-refractivity contribution in [2.24, 2.45) is 11.8 Å². The molecule has 3 fully saturated rings. The molecule has 214 valence electrons. The van der Waals surface area contributed by atoms with Crippen LogP contribution in [-0.2, 0) is 19.1 Å². The van der Waals surface area contributed by atoms with E-state index >= 15 is 0 Å². The lowest BCUT2D eigenvalue weighted by atomic mass is 9.70. The Hall–Kier alpha value is -3.27. The van der Waals surface area contributed by atoms with Crippen LogP contribution in [0.15, 0.2) is 72.8 Å². The Morgan fingerprint density at radius 1 is 0.902 bits per heavy atom. The van der Waals surface area contributed by atoms with Gasteiger partial charge in [-0.15, -0.1) is 0 Å². The Bertz CT molecular complexity index is 1450. The number of fused-ring (bicyclic) bond motifs is 2. The first-order valence-corrected chi connectivity index (χ1v) is 15.2. The van der Waals surface area contributed by atoms with Crippen LogP contribution in [0, 0.1) is 11.8 Å². The second-order valence-corrected chi connectivity index (χ2v) is 12.4. The molecule has 8 nitrogen and oxygen atoms in total. The van der Waals surface area contributed by atoms with E-state index in [1.54, 1.807) is 4.90 Å². The fourth-order valence-electron chi connectivity index (χ4n) is 6.94. The monoisotopic (exact) mass is 619 g/mol. The zero-order valence-electron chi connectivity index (χ0n) is 22.7. The van der Waals surface area contributed by atoms with Crippen molar-refractivity contribution in [1.82, 2.24) is 4.90 Å². The maximum absolute atomic E-state index is 14.1. The lowest BCUT2D eigenvalue weighted by Gasteiger charge is -2.34. The average Bonchev–Trinajstić information content (AvgIpc) is 3.56. The first-order chi connectivity index (χ1) is 19.9. The third kappa shape index (κ3) is 5.04. The topological polar surface area (TPSA) is 108 Å². The van der Waals surface area contributed by atoms with Gasteiger partial charge in [-0.25, -0.2) is 0 Å². The highest BCUT2D eigenvalue weighted by Gasteiger charge is 2.76. The number of benzene rings is 3. The molecular formula is C32H34BrN3O5. The number of amides is 3. The molecule has 3 N–H and O–H groups in total. The molecule has 3 saturated heterocycles. The summed E-state index contributed by atoms with van der Waals surface area (Å²) >= 11 is 3.72. The van der Waals surface area contributed by atoms with E-state index in [4.69, 9.17) is 9.84 Å². The predicted octanol–water partition coefficient (Wildman–Crippen LogP) is 4.72. The quantitative estimate of drug-likeness (QED) is 0.225. The number of aliphatic hydroxyl groups is 1. The Morgan fingerprint density at radius 2 is 1.61 bits per heavy atom. The van der Waals surface area contributed by atoms with Crippen LogP contribution < -0.4 is 10.6 Å². The smallest absolute Gasteiger partial charge is 0.250 e. The molecule has 3 unspecified atom stereocenters. The van der Waals surface area contributed by atoms with Gasteiger partial charge in [-0.3, -0.25) is 14.4 Å². The van der Waals surface area contributed by atoms with Crippen molar-refractivity contribution in [3.63, 3.8) is 0 Å². The van der Waals surface area contributed by atoms with Crippen molar-refractivity contribution >= 4 is 55.8 Å². The van der Waals surface area contributed by atoms with Crippen LogP contribution in [0.5, 0.6) is 0 Å². The van der Waals surface area contributed by atoms with Crippen molar-refractivity contribution in [2.75, 3.05) is 23.8 Å². The van der Waals surface area contributed by atoms with E-state index in [9.17, 15) is 14.4 Å². The molecule has 3 amide bonds. The highest BCUT2D eigenvalue weighted by atomic mass is 79.9. The number of likely N-dealkylation sites (tertiary alicyclic amines) is 1. The fourth-order valence-corrected chi connectivity index (χ4v) is 7.89. The minimum absolute atomic E-state index is 0.130. The van der Waals surface area contributed by atoms with Gasteiger partial charge in [-0.2, -0.15) is 0 Å². The lowest BCUT2D eigenvalue weighted by molar-refractivity contribution is -0.139. The van der Waals surface area contributed by atoms with E-state index in [2.05, 4.69) is 26.6 Å². The van der Waals surface area contributed by atoms with Crippen LogP contribution >= 0.6 is 15.9 Å². The molecule has 6 atom stereocenters. The molecule has 0 aromatic heterocycles. The maximum Gasteiger partial charge on any atom is 0.250 e. The minimum atomic E-state index is -1.11. The molecule has 3 aromatic carbocycles. The summed E-state index contributed by atoms with van der Waals surface area (Å²) in [5.41, 5.74) is 0.183. The zero-order valence-corrected chi connectivity index (χ0v) is 24.3. The third-order valence-electron chi connectivity index (χ3n) is 8.71. The highest BCUT2D eigenvalue weighted by Crippen LogP contribution is 2.60. The summed E-state index contributed by atoms with van der Waals surface area (Å²) in [6.07, 6.45) is 2.99. The van der Waals surface area contributed by atoms with Crippen molar-refractivity contribution in [3.8, 4) is 0 Å². The van der Waals surface area contributed by atoms with Crippen LogP contribution in [0.3, 0.4) is 0 Å². The number of hydrogen-bond donors (Lipinski definition) is 3. The van der Waals surface area contributed by atoms with Gasteiger partial charge in [-0.05, 0) is 54.3 Å². The molecule has 2 bridgehead atoms. The number of ether oxygens (including phenoxy) is 1. The van der Waals surface area contributed by atoms with E-state index in [-0.39, 0.29) is 29.2 Å². The minimum Gasteiger partial charge on any atom is -0.396 e. The van der Waals surface area contributed by atoms with E-state index in [0.29, 0.717) is 37.2 Å². The third-order valence-corrected chi connectivity index (χ3v) is 9.55. The second-order valence-electron chi connectivity index (χ2n) is 11.2. The second kappa shape index (κ2) is 11.5. The number of nitrogens with zero attached hydrogens (tertiary/aromatic N) is 1. The van der Waals surface area contributed by atoms with Crippen molar-refractivity contribution in [3.05, 3.63) is 72.8 Å². The fraction of sp³-hybridized carbons (Fsp3) is 0.406. The summed E-state index contributed by atoms with van der Waals surface area (Å²) in [6.45, 7) is 0.511. The number of para-hydroxylation sites is 1. The Morgan fingerprint density at radius 3 is 2.39 bits per heavy atom. The number of carbonyl (C=O) groups excluding carboxylic acids is 3. The molecule has 1 spiro atoms. The van der Waals surface area contributed by atoms with E-state index in [1.165, 1.54) is 0 Å². The average molecular weight is 621 g/mol. The van der Waals surface area contributed by atoms with Gasteiger partial charge >= 0.3 is 0 Å². The van der Waals surface area contributed by atoms with Gasteiger partial charge in [-0.1, -0.05) is 77.3 Å². The molecule has 0 saturated carbocycles. The Kier molecular flexibility index (Phi) is 7.85. The van der Waals surface area contributed by atoms with Crippen LogP contribution in [0.4, 0.5) is 11.4 Å². The first kappa shape index (κ1) is 27.9. The highest BCUT2D eigenvalue weighted by molar-refractivity contribution is 9.09. The Labute approximate surface area is 247 Å². The van der Waals surface area contributed by atoms with Crippen molar-refractivity contribution in [1.29, 1.82) is 0 Å². The summed E-state index contributed by atoms with van der Waals surface area (Å²) in [7, 11) is 0. The van der Waals surface area contributed by atoms with Gasteiger partial charge < -0.3 is 25.4 Å². The van der Waals surface area contributed by atoms with E-state index < -0.39 is 29.6 Å². The number of halogens is 1. The molecular weight excluding hydrogens is 586 g/mol. The summed E-state index contributed by atoms with van der Waals surface area (Å²) < 4.78 is 6.59. The normalized spacial score (nSPS) is 28.2. The number of hydrogen-bond acceptors (Lipinski definition) is 5. The zero-order chi connectivity index (χ0) is 28.6. The number of anilines is 2. The van der Waals surface area contributed by atoms with Gasteiger partial charge in [0.1, 0.15) is 11.6 Å². The summed E-state index contributed by atoms with van der Waals surface area (Å²) in [5.74, 6) is -2.27. The summed E-state index contributed by atoms with van der Waals surface area (Å²) in [4.78, 5) is 43.4. The van der Waals surface area contributed by atoms with Crippen LogP contribution in [0.1, 0.15) is 32.1 Å².